The second kappa shape index (κ2) is 8.67. The zero-order chi connectivity index (χ0) is 21.3. The maximum Gasteiger partial charge on any atom is 0.326 e. The number of hydrogen-bond acceptors (Lipinski definition) is 4. The number of urea groups is 1. The summed E-state index contributed by atoms with van der Waals surface area (Å²) in [5.74, 6) is 0.767. The van der Waals surface area contributed by atoms with E-state index in [-0.39, 0.29) is 17.9 Å². The molecule has 1 aromatic rings. The van der Waals surface area contributed by atoms with Crippen molar-refractivity contribution in [2.45, 2.75) is 64.5 Å². The van der Waals surface area contributed by atoms with Gasteiger partial charge in [0, 0.05) is 32.7 Å². The van der Waals surface area contributed by atoms with E-state index in [0.717, 1.165) is 58.4 Å². The molecule has 164 valence electrons. The summed E-state index contributed by atoms with van der Waals surface area (Å²) in [4.78, 5) is 31.9. The third-order valence-corrected chi connectivity index (χ3v) is 7.36. The van der Waals surface area contributed by atoms with Crippen molar-refractivity contribution in [3.05, 3.63) is 35.4 Å². The fraction of sp³-hybridized carbons (Fsp3) is 0.667. The zero-order valence-electron chi connectivity index (χ0n) is 18.7. The van der Waals surface area contributed by atoms with Crippen molar-refractivity contribution in [2.24, 2.45) is 5.92 Å². The Bertz CT molecular complexity index is 770. The van der Waals surface area contributed by atoms with E-state index >= 15 is 0 Å². The monoisotopic (exact) mass is 412 g/mol. The van der Waals surface area contributed by atoms with E-state index in [1.807, 2.05) is 0 Å². The van der Waals surface area contributed by atoms with Gasteiger partial charge in [0.15, 0.2) is 0 Å². The highest BCUT2D eigenvalue weighted by atomic mass is 16.2. The van der Waals surface area contributed by atoms with Gasteiger partial charge in [0.1, 0.15) is 5.54 Å². The quantitative estimate of drug-likeness (QED) is 0.754. The maximum atomic E-state index is 13.2. The van der Waals surface area contributed by atoms with Crippen molar-refractivity contribution in [1.82, 2.24) is 20.0 Å². The molecule has 3 aliphatic rings. The third-order valence-electron chi connectivity index (χ3n) is 7.36. The van der Waals surface area contributed by atoms with Crippen molar-refractivity contribution in [1.29, 1.82) is 0 Å². The Balaban J connectivity index is 1.29. The lowest BCUT2D eigenvalue weighted by atomic mass is 9.73. The molecular formula is C24H36N4O2. The minimum Gasteiger partial charge on any atom is -0.323 e. The number of nitrogens with zero attached hydrogens (tertiary/aromatic N) is 3. The molecule has 0 unspecified atom stereocenters. The van der Waals surface area contributed by atoms with E-state index in [9.17, 15) is 9.59 Å². The number of rotatable bonds is 5. The SMILES string of the molecule is CC(C)c1ccc(CN2CCN(CN3C(=O)N[C@@]4(CCCC[C@H]4C)C3=O)CC2)cc1. The molecule has 30 heavy (non-hydrogen) atoms. The van der Waals surface area contributed by atoms with Crippen LogP contribution in [-0.2, 0) is 11.3 Å². The molecule has 1 spiro atoms. The Kier molecular flexibility index (Phi) is 6.16. The van der Waals surface area contributed by atoms with Crippen LogP contribution in [0.2, 0.25) is 0 Å². The predicted octanol–water partition coefficient (Wildman–Crippen LogP) is 3.39. The second-order valence-corrected chi connectivity index (χ2v) is 9.71. The first kappa shape index (κ1) is 21.3. The van der Waals surface area contributed by atoms with Crippen molar-refractivity contribution < 1.29 is 9.59 Å². The van der Waals surface area contributed by atoms with Gasteiger partial charge in [0.05, 0.1) is 6.67 Å². The van der Waals surface area contributed by atoms with Crippen molar-refractivity contribution >= 4 is 11.9 Å². The standard InChI is InChI=1S/C24H36N4O2/c1-18(2)21-9-7-20(8-10-21)16-26-12-14-27(15-13-26)17-28-22(29)24(25-23(28)30)11-5-4-6-19(24)3/h7-10,18-19H,4-6,11-17H2,1-3H3,(H,25,30)/t19-,24-/m1/s1. The van der Waals surface area contributed by atoms with Crippen LogP contribution in [-0.4, -0.2) is 65.0 Å². The maximum absolute atomic E-state index is 13.2. The summed E-state index contributed by atoms with van der Waals surface area (Å²) in [6, 6.07) is 8.73. The molecular weight excluding hydrogens is 376 g/mol. The Hall–Kier alpha value is -1.92. The van der Waals surface area contributed by atoms with Crippen molar-refractivity contribution in [2.75, 3.05) is 32.8 Å². The number of imide groups is 1. The zero-order valence-corrected chi connectivity index (χ0v) is 18.7. The van der Waals surface area contributed by atoms with Crippen LogP contribution in [0.1, 0.15) is 63.5 Å². The van der Waals surface area contributed by atoms with Crippen LogP contribution in [0.3, 0.4) is 0 Å². The molecule has 0 aromatic heterocycles. The van der Waals surface area contributed by atoms with Crippen LogP contribution < -0.4 is 5.32 Å². The number of carbonyl (C=O) groups is 2. The number of carbonyl (C=O) groups excluding carboxylic acids is 2. The van der Waals surface area contributed by atoms with Gasteiger partial charge < -0.3 is 5.32 Å². The molecule has 3 fully saturated rings. The first-order chi connectivity index (χ1) is 14.4. The van der Waals surface area contributed by atoms with Crippen LogP contribution in [0.5, 0.6) is 0 Å². The molecule has 1 N–H and O–H groups in total. The smallest absolute Gasteiger partial charge is 0.323 e. The minimum atomic E-state index is -0.653. The van der Waals surface area contributed by atoms with Gasteiger partial charge in [0.2, 0.25) is 0 Å². The minimum absolute atomic E-state index is 0.00706. The van der Waals surface area contributed by atoms with E-state index in [2.05, 4.69) is 60.2 Å². The first-order valence-corrected chi connectivity index (χ1v) is 11.6. The summed E-state index contributed by atoms with van der Waals surface area (Å²) in [5, 5.41) is 3.06. The number of amides is 3. The van der Waals surface area contributed by atoms with Crippen molar-refractivity contribution in [3.8, 4) is 0 Å². The van der Waals surface area contributed by atoms with E-state index < -0.39 is 5.54 Å². The number of nitrogens with one attached hydrogen (secondary N) is 1. The molecule has 1 aromatic carbocycles. The van der Waals surface area contributed by atoms with E-state index in [1.54, 1.807) is 0 Å². The highest BCUT2D eigenvalue weighted by Gasteiger charge is 2.55. The third kappa shape index (κ3) is 4.12. The number of hydrogen-bond donors (Lipinski definition) is 1. The molecule has 4 rings (SSSR count). The fourth-order valence-electron chi connectivity index (χ4n) is 5.18. The highest BCUT2D eigenvalue weighted by molar-refractivity contribution is 6.07. The van der Waals surface area contributed by atoms with Crippen molar-refractivity contribution in [3.63, 3.8) is 0 Å². The van der Waals surface area contributed by atoms with Gasteiger partial charge in [0.25, 0.3) is 5.91 Å². The van der Waals surface area contributed by atoms with Crippen LogP contribution in [0.4, 0.5) is 4.79 Å². The molecule has 2 atom stereocenters. The van der Waals surface area contributed by atoms with Crippen LogP contribution >= 0.6 is 0 Å². The first-order valence-electron chi connectivity index (χ1n) is 11.6. The lowest BCUT2D eigenvalue weighted by molar-refractivity contribution is -0.136. The molecule has 0 radical (unpaired) electrons. The lowest BCUT2D eigenvalue weighted by Crippen LogP contribution is -2.55. The van der Waals surface area contributed by atoms with E-state index in [1.165, 1.54) is 16.0 Å². The summed E-state index contributed by atoms with van der Waals surface area (Å²) in [7, 11) is 0. The van der Waals surface area contributed by atoms with Crippen LogP contribution in [0.15, 0.2) is 24.3 Å². The molecule has 0 bridgehead atoms. The Morgan fingerprint density at radius 1 is 1.03 bits per heavy atom. The molecule has 1 saturated carbocycles. The topological polar surface area (TPSA) is 55.9 Å². The molecule has 1 aliphatic carbocycles. The molecule has 2 heterocycles. The average Bonchev–Trinajstić information content (AvgIpc) is 2.97. The van der Waals surface area contributed by atoms with E-state index in [4.69, 9.17) is 0 Å². The molecule has 3 amide bonds. The predicted molar refractivity (Wildman–Crippen MR) is 118 cm³/mol. The molecule has 2 saturated heterocycles. The molecule has 2 aliphatic heterocycles. The summed E-state index contributed by atoms with van der Waals surface area (Å²) < 4.78 is 0. The Morgan fingerprint density at radius 2 is 1.70 bits per heavy atom. The van der Waals surface area contributed by atoms with Crippen LogP contribution in [0, 0.1) is 5.92 Å². The largest absolute Gasteiger partial charge is 0.326 e. The van der Waals surface area contributed by atoms with Gasteiger partial charge >= 0.3 is 6.03 Å². The van der Waals surface area contributed by atoms with Gasteiger partial charge in [-0.1, -0.05) is 57.9 Å². The lowest BCUT2D eigenvalue weighted by Gasteiger charge is -2.38. The highest BCUT2D eigenvalue weighted by Crippen LogP contribution is 2.38. The molecule has 6 heteroatoms. The Morgan fingerprint density at radius 3 is 2.33 bits per heavy atom. The normalized spacial score (nSPS) is 28.5. The van der Waals surface area contributed by atoms with Gasteiger partial charge in [-0.2, -0.15) is 0 Å². The summed E-state index contributed by atoms with van der Waals surface area (Å²) in [6.45, 7) is 11.6. The summed E-state index contributed by atoms with van der Waals surface area (Å²) in [5.41, 5.74) is 2.07. The molecule has 6 nitrogen and oxygen atoms in total. The van der Waals surface area contributed by atoms with Crippen LogP contribution in [0.25, 0.3) is 0 Å². The average molecular weight is 413 g/mol. The fourth-order valence-corrected chi connectivity index (χ4v) is 5.18. The van der Waals surface area contributed by atoms with Gasteiger partial charge in [-0.25, -0.2) is 9.69 Å². The second-order valence-electron chi connectivity index (χ2n) is 9.71. The Labute approximate surface area is 180 Å². The number of benzene rings is 1. The van der Waals surface area contributed by atoms with E-state index in [0.29, 0.717) is 12.6 Å². The van der Waals surface area contributed by atoms with Gasteiger partial charge in [-0.15, -0.1) is 0 Å². The number of piperazine rings is 1. The van der Waals surface area contributed by atoms with Gasteiger partial charge in [-0.05, 0) is 35.8 Å². The summed E-state index contributed by atoms with van der Waals surface area (Å²) >= 11 is 0. The summed E-state index contributed by atoms with van der Waals surface area (Å²) in [6.07, 6.45) is 3.95. The van der Waals surface area contributed by atoms with Gasteiger partial charge in [-0.3, -0.25) is 14.6 Å².